The van der Waals surface area contributed by atoms with Gasteiger partial charge in [-0.25, -0.2) is 4.79 Å². The molecule has 4 amide bonds. The van der Waals surface area contributed by atoms with Crippen molar-refractivity contribution in [3.8, 4) is 0 Å². The van der Waals surface area contributed by atoms with Crippen LogP contribution in [0.15, 0.2) is 54.6 Å². The molecular weight excluding hydrogens is 392 g/mol. The minimum atomic E-state index is -1.13. The van der Waals surface area contributed by atoms with Crippen LogP contribution in [0, 0.1) is 0 Å². The van der Waals surface area contributed by atoms with Crippen LogP contribution in [0.1, 0.15) is 34.3 Å². The Morgan fingerprint density at radius 2 is 1.72 bits per heavy atom. The zero-order chi connectivity index (χ0) is 19.9. The summed E-state index contributed by atoms with van der Waals surface area (Å²) in [7, 11) is 0. The number of halogens is 1. The third-order valence-electron chi connectivity index (χ3n) is 5.63. The first-order valence-electron chi connectivity index (χ1n) is 9.22. The number of carbonyl (C=O) groups is 3. The quantitative estimate of drug-likeness (QED) is 0.665. The lowest BCUT2D eigenvalue weighted by Crippen LogP contribution is -2.40. The molecule has 0 aromatic heterocycles. The highest BCUT2D eigenvalue weighted by molar-refractivity contribution is 6.07. The second-order valence-corrected chi connectivity index (χ2v) is 7.50. The minimum absolute atomic E-state index is 0. The Bertz CT molecular complexity index is 935. The van der Waals surface area contributed by atoms with Crippen molar-refractivity contribution in [3.05, 3.63) is 71.3 Å². The van der Waals surface area contributed by atoms with Crippen LogP contribution in [0.3, 0.4) is 0 Å². The number of benzene rings is 2. The fourth-order valence-corrected chi connectivity index (χ4v) is 3.92. The highest BCUT2D eigenvalue weighted by atomic mass is 35.5. The molecule has 0 aliphatic carbocycles. The first-order valence-corrected chi connectivity index (χ1v) is 9.22. The van der Waals surface area contributed by atoms with Crippen molar-refractivity contribution in [1.82, 2.24) is 15.5 Å². The topological polar surface area (TPSA) is 105 Å². The molecule has 7 nitrogen and oxygen atoms in total. The molecule has 3 atom stereocenters. The molecule has 0 spiro atoms. The molecule has 0 radical (unpaired) electrons. The number of imide groups is 1. The Balaban J connectivity index is 0.00000240. The van der Waals surface area contributed by atoms with Crippen molar-refractivity contribution in [2.75, 3.05) is 13.1 Å². The van der Waals surface area contributed by atoms with Gasteiger partial charge in [-0.3, -0.25) is 14.9 Å². The third kappa shape index (κ3) is 3.71. The van der Waals surface area contributed by atoms with Gasteiger partial charge < -0.3 is 16.0 Å². The lowest BCUT2D eigenvalue weighted by atomic mass is 9.91. The fourth-order valence-electron chi connectivity index (χ4n) is 3.92. The monoisotopic (exact) mass is 414 g/mol. The zero-order valence-corrected chi connectivity index (χ0v) is 16.7. The Morgan fingerprint density at radius 3 is 2.31 bits per heavy atom. The number of likely N-dealkylation sites (tertiary alicyclic amines) is 1. The molecule has 4 rings (SSSR count). The van der Waals surface area contributed by atoms with Gasteiger partial charge in [0.05, 0.1) is 0 Å². The SMILES string of the molecule is CC1(c2ccc(C(=O)N3C[C@@H](N)[C@H](c4ccccc4)C3)cc2)NC(=O)NC1=O.Cl. The Labute approximate surface area is 175 Å². The number of hydrogen-bond acceptors (Lipinski definition) is 4. The van der Waals surface area contributed by atoms with E-state index in [0.29, 0.717) is 24.2 Å². The average Bonchev–Trinajstić information content (AvgIpc) is 3.21. The molecule has 2 fully saturated rings. The van der Waals surface area contributed by atoms with E-state index in [9.17, 15) is 14.4 Å². The maximum Gasteiger partial charge on any atom is 0.322 e. The predicted molar refractivity (Wildman–Crippen MR) is 111 cm³/mol. The smallest absolute Gasteiger partial charge is 0.322 e. The molecule has 2 aliphatic heterocycles. The largest absolute Gasteiger partial charge is 0.336 e. The number of urea groups is 1. The molecule has 8 heteroatoms. The van der Waals surface area contributed by atoms with E-state index in [1.54, 1.807) is 36.1 Å². The summed E-state index contributed by atoms with van der Waals surface area (Å²) in [6.45, 7) is 2.70. The second-order valence-electron chi connectivity index (χ2n) is 7.50. The number of nitrogens with one attached hydrogen (secondary N) is 2. The predicted octanol–water partition coefficient (Wildman–Crippen LogP) is 1.73. The highest BCUT2D eigenvalue weighted by Gasteiger charge is 2.43. The van der Waals surface area contributed by atoms with Gasteiger partial charge in [0.1, 0.15) is 5.54 Å². The van der Waals surface area contributed by atoms with Gasteiger partial charge in [-0.2, -0.15) is 0 Å². The van der Waals surface area contributed by atoms with Crippen molar-refractivity contribution < 1.29 is 14.4 Å². The van der Waals surface area contributed by atoms with Crippen LogP contribution in [0.5, 0.6) is 0 Å². The van der Waals surface area contributed by atoms with Gasteiger partial charge in [-0.15, -0.1) is 12.4 Å². The summed E-state index contributed by atoms with van der Waals surface area (Å²) in [5.41, 5.74) is 7.44. The van der Waals surface area contributed by atoms with Crippen LogP contribution in [-0.4, -0.2) is 41.9 Å². The first-order chi connectivity index (χ1) is 13.4. The molecule has 2 saturated heterocycles. The van der Waals surface area contributed by atoms with Gasteiger partial charge in [0.15, 0.2) is 0 Å². The Kier molecular flexibility index (Phi) is 5.64. The molecule has 1 unspecified atom stereocenters. The molecule has 0 saturated carbocycles. The average molecular weight is 415 g/mol. The summed E-state index contributed by atoms with van der Waals surface area (Å²) in [5.74, 6) is -0.390. The van der Waals surface area contributed by atoms with Crippen molar-refractivity contribution in [3.63, 3.8) is 0 Å². The maximum atomic E-state index is 12.9. The van der Waals surface area contributed by atoms with Crippen LogP contribution >= 0.6 is 12.4 Å². The molecule has 2 heterocycles. The lowest BCUT2D eigenvalue weighted by Gasteiger charge is -2.22. The summed E-state index contributed by atoms with van der Waals surface area (Å²) < 4.78 is 0. The summed E-state index contributed by atoms with van der Waals surface area (Å²) in [4.78, 5) is 38.2. The van der Waals surface area contributed by atoms with Crippen molar-refractivity contribution in [2.45, 2.75) is 24.4 Å². The van der Waals surface area contributed by atoms with E-state index >= 15 is 0 Å². The van der Waals surface area contributed by atoms with Crippen LogP contribution in [-0.2, 0) is 10.3 Å². The fraction of sp³-hybridized carbons (Fsp3) is 0.286. The molecule has 29 heavy (non-hydrogen) atoms. The van der Waals surface area contributed by atoms with Crippen molar-refractivity contribution >= 4 is 30.3 Å². The van der Waals surface area contributed by atoms with Crippen LogP contribution in [0.25, 0.3) is 0 Å². The number of hydrogen-bond donors (Lipinski definition) is 3. The number of nitrogens with two attached hydrogens (primary N) is 1. The molecule has 2 aliphatic rings. The molecule has 0 bridgehead atoms. The summed E-state index contributed by atoms with van der Waals surface area (Å²) in [6, 6.07) is 16.1. The van der Waals surface area contributed by atoms with E-state index in [2.05, 4.69) is 10.6 Å². The van der Waals surface area contributed by atoms with Crippen molar-refractivity contribution in [1.29, 1.82) is 0 Å². The van der Waals surface area contributed by atoms with E-state index in [4.69, 9.17) is 5.73 Å². The second kappa shape index (κ2) is 7.85. The lowest BCUT2D eigenvalue weighted by molar-refractivity contribution is -0.123. The molecule has 4 N–H and O–H groups in total. The third-order valence-corrected chi connectivity index (χ3v) is 5.63. The van der Waals surface area contributed by atoms with E-state index in [1.165, 1.54) is 0 Å². The number of rotatable bonds is 3. The summed E-state index contributed by atoms with van der Waals surface area (Å²) >= 11 is 0. The van der Waals surface area contributed by atoms with E-state index in [1.807, 2.05) is 30.3 Å². The number of nitrogens with zero attached hydrogens (tertiary/aromatic N) is 1. The van der Waals surface area contributed by atoms with E-state index < -0.39 is 17.5 Å². The molecular formula is C21H23ClN4O3. The Hall–Kier alpha value is -2.90. The van der Waals surface area contributed by atoms with Crippen LogP contribution in [0.2, 0.25) is 0 Å². The molecule has 2 aromatic rings. The van der Waals surface area contributed by atoms with E-state index in [0.717, 1.165) is 5.56 Å². The summed E-state index contributed by atoms with van der Waals surface area (Å²) in [5, 5.41) is 4.85. The first kappa shape index (κ1) is 20.8. The zero-order valence-electron chi connectivity index (χ0n) is 15.9. The Morgan fingerprint density at radius 1 is 1.07 bits per heavy atom. The standard InChI is InChI=1S/C21H22N4O3.ClH/c1-21(19(27)23-20(28)24-21)15-9-7-14(8-10-15)18(26)25-11-16(17(22)12-25)13-5-3-2-4-6-13;/h2-10,16-17H,11-12,22H2,1H3,(H2,23,24,27,28);1H/t16-,17+,21?;/m0./s1. The highest BCUT2D eigenvalue weighted by Crippen LogP contribution is 2.28. The molecule has 2 aromatic carbocycles. The van der Waals surface area contributed by atoms with Gasteiger partial charge in [0, 0.05) is 30.6 Å². The number of amides is 4. The summed E-state index contributed by atoms with van der Waals surface area (Å²) in [6.07, 6.45) is 0. The van der Waals surface area contributed by atoms with Gasteiger partial charge >= 0.3 is 6.03 Å². The van der Waals surface area contributed by atoms with E-state index in [-0.39, 0.29) is 30.3 Å². The van der Waals surface area contributed by atoms with Crippen LogP contribution in [0.4, 0.5) is 4.79 Å². The minimum Gasteiger partial charge on any atom is -0.336 e. The van der Waals surface area contributed by atoms with Gasteiger partial charge in [-0.05, 0) is 30.2 Å². The van der Waals surface area contributed by atoms with Crippen LogP contribution < -0.4 is 16.4 Å². The normalized spacial score (nSPS) is 25.9. The van der Waals surface area contributed by atoms with Crippen molar-refractivity contribution in [2.24, 2.45) is 5.73 Å². The van der Waals surface area contributed by atoms with Gasteiger partial charge in [0.2, 0.25) is 0 Å². The maximum absolute atomic E-state index is 12.9. The van der Waals surface area contributed by atoms with Gasteiger partial charge in [0.25, 0.3) is 11.8 Å². The van der Waals surface area contributed by atoms with Gasteiger partial charge in [-0.1, -0.05) is 42.5 Å². The molecule has 152 valence electrons. The number of carbonyl (C=O) groups excluding carboxylic acids is 3.